The van der Waals surface area contributed by atoms with E-state index in [4.69, 9.17) is 0 Å². The molecule has 2 rings (SSSR count). The van der Waals surface area contributed by atoms with E-state index in [1.165, 1.54) is 6.92 Å². The Labute approximate surface area is 207 Å². The van der Waals surface area contributed by atoms with Gasteiger partial charge in [0.2, 0.25) is 11.8 Å². The van der Waals surface area contributed by atoms with Crippen LogP contribution in [0.15, 0.2) is 0 Å². The molecule has 4 amide bonds. The number of carbonyl (C=O) groups is 4. The van der Waals surface area contributed by atoms with Crippen molar-refractivity contribution in [3.8, 4) is 0 Å². The van der Waals surface area contributed by atoms with Gasteiger partial charge in [-0.2, -0.15) is 0 Å². The van der Waals surface area contributed by atoms with Gasteiger partial charge >= 0.3 is 35.7 Å². The molecular formula is C17H27N4NaO9S. The van der Waals surface area contributed by atoms with Crippen LogP contribution in [0.2, 0.25) is 0 Å². The van der Waals surface area contributed by atoms with E-state index in [1.54, 1.807) is 6.92 Å². The Morgan fingerprint density at radius 2 is 1.91 bits per heavy atom. The fourth-order valence-corrected chi connectivity index (χ4v) is 3.93. The van der Waals surface area contributed by atoms with E-state index in [0.29, 0.717) is 12.8 Å². The Balaban J connectivity index is 0.00000512. The molecule has 0 spiro atoms. The number of amides is 4. The van der Waals surface area contributed by atoms with E-state index in [-0.39, 0.29) is 49.1 Å². The zero-order valence-corrected chi connectivity index (χ0v) is 21.0. The summed E-state index contributed by atoms with van der Waals surface area (Å²) in [4.78, 5) is 45.1. The zero-order chi connectivity index (χ0) is 23.4. The van der Waals surface area contributed by atoms with Gasteiger partial charge in [0.15, 0.2) is 0 Å². The molecule has 1 aliphatic carbocycles. The van der Waals surface area contributed by atoms with Crippen molar-refractivity contribution in [1.82, 2.24) is 21.3 Å². The third-order valence-corrected chi connectivity index (χ3v) is 6.33. The summed E-state index contributed by atoms with van der Waals surface area (Å²) in [6.07, 6.45) is -0.0667. The predicted octanol–water partition coefficient (Wildman–Crippen LogP) is -5.35. The molecule has 1 saturated heterocycles. The molecule has 0 aromatic rings. The van der Waals surface area contributed by atoms with Crippen LogP contribution in [-0.4, -0.2) is 78.1 Å². The number of rotatable bonds is 10. The maximum Gasteiger partial charge on any atom is 1.00 e. The second-order valence-electron chi connectivity index (χ2n) is 7.56. The summed E-state index contributed by atoms with van der Waals surface area (Å²) in [5.41, 5.74) is 0. The third kappa shape index (κ3) is 7.02. The fourth-order valence-electron chi connectivity index (χ4n) is 3.15. The third-order valence-electron chi connectivity index (χ3n) is 5.09. The molecule has 0 aromatic carbocycles. The van der Waals surface area contributed by atoms with E-state index in [2.05, 4.69) is 26.0 Å². The Morgan fingerprint density at radius 3 is 2.38 bits per heavy atom. The molecule has 13 nitrogen and oxygen atoms in total. The molecule has 1 heterocycles. The summed E-state index contributed by atoms with van der Waals surface area (Å²) in [7, 11) is -5.71. The van der Waals surface area contributed by atoms with Crippen LogP contribution >= 0.6 is 0 Å². The SMILES string of the molecule is CCOC(=O)N[C@@H](C)C(=O)N[C@@H](CC1CCNC1=O)C(O)(C(=O)NC1CC1)S(=O)(=O)[O-].[Na+]. The Morgan fingerprint density at radius 1 is 1.28 bits per heavy atom. The van der Waals surface area contributed by atoms with Crippen molar-refractivity contribution in [2.75, 3.05) is 13.2 Å². The van der Waals surface area contributed by atoms with Crippen molar-refractivity contribution >= 4 is 33.9 Å². The largest absolute Gasteiger partial charge is 1.00 e. The van der Waals surface area contributed by atoms with Gasteiger partial charge in [0, 0.05) is 18.5 Å². The molecule has 4 atom stereocenters. The van der Waals surface area contributed by atoms with Crippen molar-refractivity contribution in [1.29, 1.82) is 0 Å². The van der Waals surface area contributed by atoms with E-state index < -0.39 is 69.3 Å². The second kappa shape index (κ2) is 11.6. The van der Waals surface area contributed by atoms with Crippen LogP contribution < -0.4 is 50.8 Å². The zero-order valence-electron chi connectivity index (χ0n) is 18.2. The minimum absolute atomic E-state index is 0. The van der Waals surface area contributed by atoms with Crippen LogP contribution in [0, 0.1) is 5.92 Å². The second-order valence-corrected chi connectivity index (χ2v) is 9.09. The summed E-state index contributed by atoms with van der Waals surface area (Å²) in [6.45, 7) is 3.11. The van der Waals surface area contributed by atoms with Gasteiger partial charge in [-0.25, -0.2) is 13.2 Å². The number of aliphatic hydroxyl groups is 1. The average Bonchev–Trinajstić information content (AvgIpc) is 3.39. The maximum atomic E-state index is 12.6. The smallest absolute Gasteiger partial charge is 0.745 e. The average molecular weight is 486 g/mol. The van der Waals surface area contributed by atoms with Crippen LogP contribution in [0.3, 0.4) is 0 Å². The molecule has 0 bridgehead atoms. The van der Waals surface area contributed by atoms with Crippen molar-refractivity contribution < 1.29 is 71.5 Å². The van der Waals surface area contributed by atoms with Crippen LogP contribution in [0.1, 0.15) is 39.5 Å². The van der Waals surface area contributed by atoms with Crippen molar-refractivity contribution in [2.45, 2.75) is 62.6 Å². The van der Waals surface area contributed by atoms with Gasteiger partial charge in [0.1, 0.15) is 16.2 Å². The summed E-state index contributed by atoms with van der Waals surface area (Å²) in [5, 5.41) is 19.9. The minimum Gasteiger partial charge on any atom is -0.745 e. The van der Waals surface area contributed by atoms with Gasteiger partial charge in [-0.15, -0.1) is 0 Å². The normalized spacial score (nSPS) is 21.8. The molecule has 2 fully saturated rings. The van der Waals surface area contributed by atoms with Gasteiger partial charge in [-0.3, -0.25) is 14.4 Å². The first-order valence-corrected chi connectivity index (χ1v) is 11.3. The standard InChI is InChI=1S/C17H28N4O9S.Na/c1-3-30-16(25)19-9(2)13(22)21-12(8-10-6-7-18-14(10)23)17(26,31(27,28)29)15(24)20-11-4-5-11;/h9-12,26H,3-8H2,1-2H3,(H,18,23)(H,19,25)(H,20,24)(H,21,22)(H,27,28,29);/q;+1/p-1/t9-,10?,12-,17?;/m0./s1. The predicted molar refractivity (Wildman–Crippen MR) is 103 cm³/mol. The number of hydrogen-bond acceptors (Lipinski definition) is 9. The summed E-state index contributed by atoms with van der Waals surface area (Å²) < 4.78 is 40.7. The molecule has 1 aliphatic heterocycles. The van der Waals surface area contributed by atoms with Gasteiger partial charge in [-0.1, -0.05) is 0 Å². The fraction of sp³-hybridized carbons (Fsp3) is 0.765. The minimum atomic E-state index is -5.71. The number of ether oxygens (including phenoxy) is 1. The first kappa shape index (κ1) is 28.6. The van der Waals surface area contributed by atoms with Crippen molar-refractivity contribution in [2.24, 2.45) is 5.92 Å². The molecular weight excluding hydrogens is 459 g/mol. The first-order valence-electron chi connectivity index (χ1n) is 9.90. The summed E-state index contributed by atoms with van der Waals surface area (Å²) in [5.74, 6) is -3.77. The van der Waals surface area contributed by atoms with Gasteiger partial charge in [-0.05, 0) is 39.5 Å². The molecule has 0 radical (unpaired) electrons. The molecule has 2 unspecified atom stereocenters. The van der Waals surface area contributed by atoms with Gasteiger partial charge < -0.3 is 35.7 Å². The monoisotopic (exact) mass is 486 g/mol. The quantitative estimate of drug-likeness (QED) is 0.147. The molecule has 5 N–H and O–H groups in total. The first-order chi connectivity index (χ1) is 14.4. The number of carbonyl (C=O) groups excluding carboxylic acids is 4. The van der Waals surface area contributed by atoms with E-state index in [0.717, 1.165) is 0 Å². The van der Waals surface area contributed by atoms with Crippen LogP contribution in [-0.2, 0) is 29.2 Å². The number of nitrogens with one attached hydrogen (secondary N) is 4. The van der Waals surface area contributed by atoms with Crippen LogP contribution in [0.5, 0.6) is 0 Å². The molecule has 32 heavy (non-hydrogen) atoms. The van der Waals surface area contributed by atoms with Crippen LogP contribution in [0.25, 0.3) is 0 Å². The van der Waals surface area contributed by atoms with Crippen molar-refractivity contribution in [3.63, 3.8) is 0 Å². The summed E-state index contributed by atoms with van der Waals surface area (Å²) >= 11 is 0. The molecule has 15 heteroatoms. The Kier molecular flexibility index (Phi) is 10.4. The number of hydrogen-bond donors (Lipinski definition) is 5. The molecule has 176 valence electrons. The Hall–Kier alpha value is -1.45. The molecule has 1 saturated carbocycles. The van der Waals surface area contributed by atoms with E-state index in [9.17, 15) is 37.3 Å². The maximum absolute atomic E-state index is 12.6. The van der Waals surface area contributed by atoms with E-state index in [1.807, 2.05) is 0 Å². The molecule has 0 aromatic heterocycles. The van der Waals surface area contributed by atoms with Crippen molar-refractivity contribution in [3.05, 3.63) is 0 Å². The molecule has 2 aliphatic rings. The van der Waals surface area contributed by atoms with E-state index >= 15 is 0 Å². The summed E-state index contributed by atoms with van der Waals surface area (Å²) in [6, 6.07) is -3.60. The van der Waals surface area contributed by atoms with Gasteiger partial charge in [0.05, 0.1) is 12.6 Å². The topological polar surface area (TPSA) is 203 Å². The Bertz CT molecular complexity index is 836. The number of alkyl carbamates (subject to hydrolysis) is 1. The van der Waals surface area contributed by atoms with Gasteiger partial charge in [0.25, 0.3) is 10.8 Å². The van der Waals surface area contributed by atoms with Crippen LogP contribution in [0.4, 0.5) is 4.79 Å².